The highest BCUT2D eigenvalue weighted by Crippen LogP contribution is 2.44. The van der Waals surface area contributed by atoms with Gasteiger partial charge in [-0.3, -0.25) is 9.59 Å². The third-order valence-electron chi connectivity index (χ3n) is 7.01. The number of hydrogen-bond acceptors (Lipinski definition) is 5. The summed E-state index contributed by atoms with van der Waals surface area (Å²) >= 11 is 0. The summed E-state index contributed by atoms with van der Waals surface area (Å²) < 4.78 is 10.9. The summed E-state index contributed by atoms with van der Waals surface area (Å²) in [6, 6.07) is 15.9. The van der Waals surface area contributed by atoms with Crippen LogP contribution in [0.1, 0.15) is 29.9 Å². The molecule has 2 aromatic carbocycles. The molecule has 0 spiro atoms. The Kier molecular flexibility index (Phi) is 6.24. The van der Waals surface area contributed by atoms with Crippen LogP contribution in [0.25, 0.3) is 11.1 Å². The molecule has 3 atom stereocenters. The van der Waals surface area contributed by atoms with Gasteiger partial charge in [-0.05, 0) is 34.6 Å². The first-order valence-electron chi connectivity index (χ1n) is 11.7. The summed E-state index contributed by atoms with van der Waals surface area (Å²) in [6.45, 7) is 1.67. The van der Waals surface area contributed by atoms with Crippen LogP contribution in [-0.4, -0.2) is 66.9 Å². The molecule has 1 saturated carbocycles. The molecule has 8 nitrogen and oxygen atoms in total. The van der Waals surface area contributed by atoms with Crippen LogP contribution in [0, 0.1) is 11.8 Å². The van der Waals surface area contributed by atoms with Gasteiger partial charge in [0.2, 0.25) is 5.91 Å². The molecule has 0 bridgehead atoms. The highest BCUT2D eigenvalue weighted by molar-refractivity contribution is 5.83. The summed E-state index contributed by atoms with van der Waals surface area (Å²) in [5, 5.41) is 11.9. The standard InChI is InChI=1S/C26H28N2O6/c29-24(30)12-17-14-33-10-9-28(17)25(31)22-11-16(22)13-27-26(32)34-15-23-20-7-3-1-5-18(20)19-6-2-4-8-21(19)23/h1-8,16-17,22-23H,9-15H2,(H,27,32)(H,29,30)/t16-,17?,22-/m1/s1. The lowest BCUT2D eigenvalue weighted by atomic mass is 9.98. The first-order valence-corrected chi connectivity index (χ1v) is 11.7. The number of carboxylic acid groups (broad SMARTS) is 1. The van der Waals surface area contributed by atoms with E-state index >= 15 is 0 Å². The lowest BCUT2D eigenvalue weighted by molar-refractivity contribution is -0.147. The predicted molar refractivity (Wildman–Crippen MR) is 123 cm³/mol. The molecule has 0 radical (unpaired) electrons. The molecule has 2 aliphatic carbocycles. The summed E-state index contributed by atoms with van der Waals surface area (Å²) in [5.41, 5.74) is 4.67. The highest BCUT2D eigenvalue weighted by atomic mass is 16.5. The number of nitrogens with zero attached hydrogens (tertiary/aromatic N) is 1. The van der Waals surface area contributed by atoms with E-state index in [2.05, 4.69) is 29.6 Å². The Morgan fingerprint density at radius 2 is 1.74 bits per heavy atom. The Bertz CT molecular complexity index is 1060. The van der Waals surface area contributed by atoms with E-state index in [1.54, 1.807) is 4.90 Å². The van der Waals surface area contributed by atoms with E-state index in [-0.39, 0.29) is 43.3 Å². The zero-order valence-electron chi connectivity index (χ0n) is 18.8. The Balaban J connectivity index is 1.11. The van der Waals surface area contributed by atoms with Crippen molar-refractivity contribution in [2.75, 3.05) is 32.9 Å². The molecule has 5 rings (SSSR count). The molecule has 1 heterocycles. The number of carboxylic acids is 1. The lowest BCUT2D eigenvalue weighted by Gasteiger charge is -2.35. The number of ether oxygens (including phenoxy) is 2. The van der Waals surface area contributed by atoms with Crippen molar-refractivity contribution in [3.05, 3.63) is 59.7 Å². The summed E-state index contributed by atoms with van der Waals surface area (Å²) in [5.74, 6) is -1.14. The van der Waals surface area contributed by atoms with Gasteiger partial charge in [-0.2, -0.15) is 0 Å². The number of hydrogen-bond donors (Lipinski definition) is 2. The second-order valence-electron chi connectivity index (χ2n) is 9.17. The van der Waals surface area contributed by atoms with Gasteiger partial charge in [0.25, 0.3) is 0 Å². The second kappa shape index (κ2) is 9.46. The van der Waals surface area contributed by atoms with E-state index in [9.17, 15) is 14.4 Å². The minimum Gasteiger partial charge on any atom is -0.481 e. The molecule has 1 saturated heterocycles. The lowest BCUT2D eigenvalue weighted by Crippen LogP contribution is -2.50. The maximum atomic E-state index is 12.9. The normalized spacial score (nSPS) is 23.1. The summed E-state index contributed by atoms with van der Waals surface area (Å²) in [7, 11) is 0. The fourth-order valence-electron chi connectivity index (χ4n) is 5.17. The van der Waals surface area contributed by atoms with Gasteiger partial charge in [0, 0.05) is 24.9 Å². The largest absolute Gasteiger partial charge is 0.481 e. The Morgan fingerprint density at radius 1 is 1.06 bits per heavy atom. The van der Waals surface area contributed by atoms with Gasteiger partial charge < -0.3 is 24.8 Å². The number of rotatable bonds is 7. The highest BCUT2D eigenvalue weighted by Gasteiger charge is 2.46. The van der Waals surface area contributed by atoms with Gasteiger partial charge in [0.05, 0.1) is 25.7 Å². The van der Waals surface area contributed by atoms with E-state index in [1.807, 2.05) is 24.3 Å². The minimum atomic E-state index is -0.947. The monoisotopic (exact) mass is 464 g/mol. The number of fused-ring (bicyclic) bond motifs is 3. The molecular weight excluding hydrogens is 436 g/mol. The number of carbonyl (C=O) groups is 3. The first kappa shape index (κ1) is 22.4. The predicted octanol–water partition coefficient (Wildman–Crippen LogP) is 2.86. The molecule has 2 aromatic rings. The van der Waals surface area contributed by atoms with E-state index in [1.165, 1.54) is 11.1 Å². The van der Waals surface area contributed by atoms with Gasteiger partial charge in [0.1, 0.15) is 6.61 Å². The average molecular weight is 465 g/mol. The number of nitrogens with one attached hydrogen (secondary N) is 1. The van der Waals surface area contributed by atoms with Crippen molar-refractivity contribution in [2.45, 2.75) is 24.8 Å². The van der Waals surface area contributed by atoms with Crippen molar-refractivity contribution in [2.24, 2.45) is 11.8 Å². The van der Waals surface area contributed by atoms with Crippen molar-refractivity contribution in [1.29, 1.82) is 0 Å². The molecule has 3 aliphatic rings. The minimum absolute atomic E-state index is 0.000824. The van der Waals surface area contributed by atoms with Crippen molar-refractivity contribution in [3.8, 4) is 11.1 Å². The van der Waals surface area contributed by atoms with Gasteiger partial charge in [-0.1, -0.05) is 48.5 Å². The molecule has 1 aliphatic heterocycles. The summed E-state index contributed by atoms with van der Waals surface area (Å²) in [6.07, 6.45) is 0.0657. The second-order valence-corrected chi connectivity index (χ2v) is 9.17. The maximum absolute atomic E-state index is 12.9. The molecular formula is C26H28N2O6. The van der Waals surface area contributed by atoms with Crippen LogP contribution in [0.15, 0.2) is 48.5 Å². The fraction of sp³-hybridized carbons (Fsp3) is 0.423. The van der Waals surface area contributed by atoms with Crippen LogP contribution >= 0.6 is 0 Å². The molecule has 1 unspecified atom stereocenters. The van der Waals surface area contributed by atoms with E-state index in [0.717, 1.165) is 11.1 Å². The smallest absolute Gasteiger partial charge is 0.407 e. The average Bonchev–Trinajstić information content (AvgIpc) is 3.56. The van der Waals surface area contributed by atoms with Gasteiger partial charge >= 0.3 is 12.1 Å². The first-order chi connectivity index (χ1) is 16.5. The summed E-state index contributed by atoms with van der Waals surface area (Å²) in [4.78, 5) is 38.0. The number of alkyl carbamates (subject to hydrolysis) is 1. The Labute approximate surface area is 197 Å². The number of morpholine rings is 1. The van der Waals surface area contributed by atoms with Crippen LogP contribution in [0.4, 0.5) is 4.79 Å². The Morgan fingerprint density at radius 3 is 2.41 bits per heavy atom. The zero-order valence-corrected chi connectivity index (χ0v) is 18.8. The van der Waals surface area contributed by atoms with Crippen LogP contribution < -0.4 is 5.32 Å². The number of benzene rings is 2. The number of carbonyl (C=O) groups excluding carboxylic acids is 2. The third kappa shape index (κ3) is 4.50. The van der Waals surface area contributed by atoms with E-state index in [0.29, 0.717) is 26.1 Å². The zero-order chi connectivity index (χ0) is 23.7. The molecule has 8 heteroatoms. The third-order valence-corrected chi connectivity index (χ3v) is 7.01. The molecule has 34 heavy (non-hydrogen) atoms. The van der Waals surface area contributed by atoms with Crippen molar-refractivity contribution < 1.29 is 29.0 Å². The van der Waals surface area contributed by atoms with Crippen molar-refractivity contribution in [1.82, 2.24) is 10.2 Å². The van der Waals surface area contributed by atoms with Crippen LogP contribution in [0.5, 0.6) is 0 Å². The molecule has 2 fully saturated rings. The van der Waals surface area contributed by atoms with Crippen LogP contribution in [-0.2, 0) is 19.1 Å². The van der Waals surface area contributed by atoms with Crippen molar-refractivity contribution in [3.63, 3.8) is 0 Å². The van der Waals surface area contributed by atoms with Crippen LogP contribution in [0.3, 0.4) is 0 Å². The van der Waals surface area contributed by atoms with E-state index < -0.39 is 18.1 Å². The quantitative estimate of drug-likeness (QED) is 0.653. The number of amides is 2. The molecule has 2 N–H and O–H groups in total. The number of aliphatic carboxylic acids is 1. The maximum Gasteiger partial charge on any atom is 0.407 e. The van der Waals surface area contributed by atoms with Crippen molar-refractivity contribution >= 4 is 18.0 Å². The van der Waals surface area contributed by atoms with E-state index in [4.69, 9.17) is 14.6 Å². The molecule has 178 valence electrons. The van der Waals surface area contributed by atoms with Gasteiger partial charge in [0.15, 0.2) is 0 Å². The fourth-order valence-corrected chi connectivity index (χ4v) is 5.17. The molecule has 2 amide bonds. The molecule has 0 aromatic heterocycles. The Hall–Kier alpha value is -3.39. The van der Waals surface area contributed by atoms with Gasteiger partial charge in [-0.15, -0.1) is 0 Å². The SMILES string of the molecule is O=C(O)CC1COCCN1C(=O)[C@@H]1C[C@@H]1CNC(=O)OCC1c2ccccc2-c2ccccc21. The van der Waals surface area contributed by atoms with Crippen LogP contribution in [0.2, 0.25) is 0 Å². The topological polar surface area (TPSA) is 105 Å². The van der Waals surface area contributed by atoms with Gasteiger partial charge in [-0.25, -0.2) is 4.79 Å².